The van der Waals surface area contributed by atoms with E-state index < -0.39 is 35.8 Å². The van der Waals surface area contributed by atoms with E-state index in [4.69, 9.17) is 24.7 Å². The minimum atomic E-state index is -1.06. The van der Waals surface area contributed by atoms with Crippen LogP contribution >= 0.6 is 0 Å². The summed E-state index contributed by atoms with van der Waals surface area (Å²) in [7, 11) is 2.23. The summed E-state index contributed by atoms with van der Waals surface area (Å²) in [6.07, 6.45) is -2.08. The summed E-state index contributed by atoms with van der Waals surface area (Å²) in [5.41, 5.74) is 5.77. The summed E-state index contributed by atoms with van der Waals surface area (Å²) in [6.45, 7) is 6.87. The molecule has 0 saturated carbocycles. The number of carbonyl (C=O) groups is 4. The van der Waals surface area contributed by atoms with Crippen molar-refractivity contribution in [2.75, 3.05) is 20.8 Å². The summed E-state index contributed by atoms with van der Waals surface area (Å²) in [5.74, 6) is -1.33. The van der Waals surface area contributed by atoms with Gasteiger partial charge < -0.3 is 34.2 Å². The lowest BCUT2D eigenvalue weighted by Crippen LogP contribution is -2.37. The van der Waals surface area contributed by atoms with Crippen molar-refractivity contribution in [1.29, 1.82) is 0 Å². The molecule has 1 aromatic carbocycles. The van der Waals surface area contributed by atoms with Crippen molar-refractivity contribution in [1.82, 2.24) is 0 Å². The zero-order valence-corrected chi connectivity index (χ0v) is 19.7. The van der Waals surface area contributed by atoms with Gasteiger partial charge in [-0.15, -0.1) is 0 Å². The largest absolute Gasteiger partial charge is 0.513 e. The fraction of sp³-hybridized carbons (Fsp3) is 0.545. The summed E-state index contributed by atoms with van der Waals surface area (Å²) in [4.78, 5) is 47.2. The number of methoxy groups -OCH3 is 2. The highest BCUT2D eigenvalue weighted by atomic mass is 16.7. The van der Waals surface area contributed by atoms with E-state index in [1.165, 1.54) is 18.2 Å². The number of hydrogen-bond donors (Lipinski definition) is 1. The highest BCUT2D eigenvalue weighted by Gasteiger charge is 2.29. The van der Waals surface area contributed by atoms with Crippen molar-refractivity contribution in [3.05, 3.63) is 23.8 Å². The molecule has 0 aromatic heterocycles. The average Bonchev–Trinajstić information content (AvgIpc) is 2.78. The molecule has 0 heterocycles. The first kappa shape index (κ1) is 27.7. The fourth-order valence-electron chi connectivity index (χ4n) is 2.27. The monoisotopic (exact) mass is 469 g/mol. The van der Waals surface area contributed by atoms with E-state index in [1.807, 2.05) is 6.92 Å². The van der Waals surface area contributed by atoms with Crippen molar-refractivity contribution in [3.63, 3.8) is 0 Å². The molecule has 1 aromatic rings. The maximum absolute atomic E-state index is 12.3. The molecule has 184 valence electrons. The van der Waals surface area contributed by atoms with Crippen molar-refractivity contribution in [2.45, 2.75) is 52.7 Å². The second-order valence-electron chi connectivity index (χ2n) is 7.79. The molecule has 0 unspecified atom stereocenters. The first-order valence-corrected chi connectivity index (χ1v) is 10.2. The molecule has 0 aliphatic heterocycles. The molecule has 11 nitrogen and oxygen atoms in total. The lowest BCUT2D eigenvalue weighted by atomic mass is 9.91. The molecule has 2 N–H and O–H groups in total. The number of ether oxygens (including phenoxy) is 6. The van der Waals surface area contributed by atoms with Crippen molar-refractivity contribution >= 4 is 24.2 Å². The van der Waals surface area contributed by atoms with Crippen LogP contribution in [0.4, 0.5) is 9.59 Å². The minimum absolute atomic E-state index is 0.0197. The Kier molecular flexibility index (Phi) is 10.6. The first-order valence-electron chi connectivity index (χ1n) is 10.2. The van der Waals surface area contributed by atoms with Gasteiger partial charge in [-0.2, -0.15) is 0 Å². The van der Waals surface area contributed by atoms with Crippen molar-refractivity contribution in [2.24, 2.45) is 11.1 Å². The van der Waals surface area contributed by atoms with Gasteiger partial charge in [0.25, 0.3) is 0 Å². The Morgan fingerprint density at radius 3 is 2.12 bits per heavy atom. The van der Waals surface area contributed by atoms with Crippen LogP contribution in [-0.4, -0.2) is 57.2 Å². The molecule has 0 spiro atoms. The molecule has 0 bridgehead atoms. The molecule has 11 heteroatoms. The van der Waals surface area contributed by atoms with E-state index in [0.717, 1.165) is 14.2 Å². The van der Waals surface area contributed by atoms with Gasteiger partial charge in [-0.05, 0) is 51.3 Å². The Bertz CT molecular complexity index is 852. The summed E-state index contributed by atoms with van der Waals surface area (Å²) >= 11 is 0. The quantitative estimate of drug-likeness (QED) is 0.306. The van der Waals surface area contributed by atoms with Gasteiger partial charge in [0, 0.05) is 0 Å². The van der Waals surface area contributed by atoms with Crippen LogP contribution < -0.4 is 15.2 Å². The predicted octanol–water partition coefficient (Wildman–Crippen LogP) is 2.76. The minimum Gasteiger partial charge on any atom is -0.461 e. The molecule has 0 aliphatic carbocycles. The van der Waals surface area contributed by atoms with Crippen LogP contribution in [-0.2, 0) is 35.0 Å². The topological polar surface area (TPSA) is 150 Å². The van der Waals surface area contributed by atoms with Gasteiger partial charge >= 0.3 is 24.2 Å². The third kappa shape index (κ3) is 8.97. The normalized spacial score (nSPS) is 12.7. The third-order valence-electron chi connectivity index (χ3n) is 4.69. The van der Waals surface area contributed by atoms with E-state index in [0.29, 0.717) is 12.0 Å². The molecule has 2 atom stereocenters. The van der Waals surface area contributed by atoms with E-state index >= 15 is 0 Å². The number of nitrogens with two attached hydrogens (primary N) is 1. The molecule has 0 radical (unpaired) electrons. The second kappa shape index (κ2) is 12.6. The van der Waals surface area contributed by atoms with E-state index in [2.05, 4.69) is 9.47 Å². The number of esters is 2. The van der Waals surface area contributed by atoms with Crippen molar-refractivity contribution in [3.8, 4) is 11.5 Å². The predicted molar refractivity (Wildman–Crippen MR) is 115 cm³/mol. The summed E-state index contributed by atoms with van der Waals surface area (Å²) < 4.78 is 29.2. The lowest BCUT2D eigenvalue weighted by Gasteiger charge is -2.23. The zero-order chi connectivity index (χ0) is 25.2. The Morgan fingerprint density at radius 1 is 1.00 bits per heavy atom. The molecular weight excluding hydrogens is 438 g/mol. The standard InChI is InChI=1S/C22H31NO10/c1-7-22(3,4)19(25)31-13(2)12-30-18(24)15(23)10-14-8-9-16(32-20(26)28-5)17(11-14)33-21(27)29-6/h8-9,11,13,15H,7,10,12,23H2,1-6H3/t13-,15-/m0/s1. The van der Waals surface area contributed by atoms with Crippen LogP contribution in [0, 0.1) is 5.41 Å². The molecule has 0 amide bonds. The van der Waals surface area contributed by atoms with Crippen LogP contribution in [0.25, 0.3) is 0 Å². The number of hydrogen-bond acceptors (Lipinski definition) is 11. The van der Waals surface area contributed by atoms with E-state index in [-0.39, 0.29) is 30.5 Å². The average molecular weight is 469 g/mol. The highest BCUT2D eigenvalue weighted by Crippen LogP contribution is 2.30. The SMILES string of the molecule is CCC(C)(C)C(=O)O[C@@H](C)COC(=O)[C@@H](N)Cc1ccc(OC(=O)OC)c(OC(=O)OC)c1. The lowest BCUT2D eigenvalue weighted by molar-refractivity contribution is -0.166. The number of carbonyl (C=O) groups excluding carboxylic acids is 4. The van der Waals surface area contributed by atoms with E-state index in [9.17, 15) is 19.2 Å². The Labute approximate surface area is 192 Å². The number of rotatable bonds is 10. The zero-order valence-electron chi connectivity index (χ0n) is 19.7. The summed E-state index contributed by atoms with van der Waals surface area (Å²) in [5, 5.41) is 0. The third-order valence-corrected chi connectivity index (χ3v) is 4.69. The van der Waals surface area contributed by atoms with Crippen LogP contribution in [0.2, 0.25) is 0 Å². The first-order chi connectivity index (χ1) is 15.4. The van der Waals surface area contributed by atoms with Gasteiger partial charge in [0.1, 0.15) is 18.8 Å². The van der Waals surface area contributed by atoms with Gasteiger partial charge in [0.2, 0.25) is 0 Å². The van der Waals surface area contributed by atoms with Gasteiger partial charge in [0.15, 0.2) is 11.5 Å². The van der Waals surface area contributed by atoms with Gasteiger partial charge in [-0.1, -0.05) is 13.0 Å². The fourth-order valence-corrected chi connectivity index (χ4v) is 2.27. The molecule has 0 fully saturated rings. The smallest absolute Gasteiger partial charge is 0.461 e. The Balaban J connectivity index is 2.76. The summed E-state index contributed by atoms with van der Waals surface area (Å²) in [6, 6.07) is 3.17. The molecular formula is C22H31NO10. The van der Waals surface area contributed by atoms with Crippen LogP contribution in [0.3, 0.4) is 0 Å². The van der Waals surface area contributed by atoms with Crippen LogP contribution in [0.15, 0.2) is 18.2 Å². The Hall–Kier alpha value is -3.34. The van der Waals surface area contributed by atoms with Crippen LogP contribution in [0.1, 0.15) is 39.7 Å². The maximum atomic E-state index is 12.3. The second-order valence-corrected chi connectivity index (χ2v) is 7.79. The van der Waals surface area contributed by atoms with Gasteiger partial charge in [-0.25, -0.2) is 9.59 Å². The van der Waals surface area contributed by atoms with Gasteiger partial charge in [0.05, 0.1) is 19.6 Å². The van der Waals surface area contributed by atoms with Gasteiger partial charge in [-0.3, -0.25) is 9.59 Å². The molecule has 0 aliphatic rings. The number of benzene rings is 1. The molecule has 0 saturated heterocycles. The molecule has 33 heavy (non-hydrogen) atoms. The Morgan fingerprint density at radius 2 is 1.58 bits per heavy atom. The van der Waals surface area contributed by atoms with E-state index in [1.54, 1.807) is 20.8 Å². The highest BCUT2D eigenvalue weighted by molar-refractivity contribution is 5.77. The maximum Gasteiger partial charge on any atom is 0.513 e. The van der Waals surface area contributed by atoms with Crippen molar-refractivity contribution < 1.29 is 47.6 Å². The molecule has 1 rings (SSSR count). The van der Waals surface area contributed by atoms with Crippen LogP contribution in [0.5, 0.6) is 11.5 Å².